The molecule has 1 amide bonds. The average molecular weight is 326 g/mol. The molecule has 19 heavy (non-hydrogen) atoms. The van der Waals surface area contributed by atoms with Gasteiger partial charge in [-0.3, -0.25) is 9.48 Å². The fraction of sp³-hybridized carbons (Fsp3) is 0.538. The summed E-state index contributed by atoms with van der Waals surface area (Å²) in [4.78, 5) is 14.3. The van der Waals surface area contributed by atoms with Gasteiger partial charge >= 0.3 is 0 Å². The fourth-order valence-electron chi connectivity index (χ4n) is 2.25. The molecule has 0 aromatic carbocycles. The maximum Gasteiger partial charge on any atom is 0.297 e. The first-order valence-electron chi connectivity index (χ1n) is 6.53. The summed E-state index contributed by atoms with van der Waals surface area (Å²) in [5.74, 6) is 0.528. The number of hydrogen-bond donors (Lipinski definition) is 0. The number of aryl methyl sites for hydroxylation is 1. The number of hydrogen-bond acceptors (Lipinski definition) is 3. The van der Waals surface area contributed by atoms with Crippen LogP contribution in [-0.2, 0) is 7.05 Å². The summed E-state index contributed by atoms with van der Waals surface area (Å²) in [6.45, 7) is 6.06. The Bertz CT molecular complexity index is 515. The summed E-state index contributed by atoms with van der Waals surface area (Å²) >= 11 is 3.40. The molecule has 1 aromatic heterocycles. The van der Waals surface area contributed by atoms with Gasteiger partial charge in [-0.05, 0) is 34.8 Å². The minimum atomic E-state index is -0.217. The van der Waals surface area contributed by atoms with Crippen molar-refractivity contribution in [2.75, 3.05) is 13.1 Å². The van der Waals surface area contributed by atoms with E-state index in [0.717, 1.165) is 37.3 Å². The summed E-state index contributed by atoms with van der Waals surface area (Å²) in [7, 11) is 1.76. The zero-order chi connectivity index (χ0) is 14.0. The lowest BCUT2D eigenvalue weighted by molar-refractivity contribution is 0.0934. The quantitative estimate of drug-likeness (QED) is 0.835. The Morgan fingerprint density at radius 2 is 1.95 bits per heavy atom. The molecule has 2 heterocycles. The van der Waals surface area contributed by atoms with Crippen LogP contribution in [0.2, 0.25) is 0 Å². The summed E-state index contributed by atoms with van der Waals surface area (Å²) < 4.78 is 2.27. The Morgan fingerprint density at radius 3 is 2.53 bits per heavy atom. The minimum absolute atomic E-state index is 0.217. The van der Waals surface area contributed by atoms with Crippen molar-refractivity contribution in [2.24, 2.45) is 7.05 Å². The molecule has 103 valence electrons. The van der Waals surface area contributed by atoms with Crippen LogP contribution in [0, 0.1) is 0 Å². The van der Waals surface area contributed by atoms with Gasteiger partial charge < -0.3 is 4.90 Å². The summed E-state index contributed by atoms with van der Waals surface area (Å²) in [6.07, 6.45) is 4.00. The van der Waals surface area contributed by atoms with Gasteiger partial charge in [-0.2, -0.15) is 10.4 Å². The van der Waals surface area contributed by atoms with Crippen LogP contribution >= 0.6 is 15.9 Å². The molecule has 0 spiro atoms. The molecule has 2 rings (SSSR count). The van der Waals surface area contributed by atoms with Gasteiger partial charge in [0, 0.05) is 25.7 Å². The van der Waals surface area contributed by atoms with E-state index in [4.69, 9.17) is 0 Å². The number of carbonyl (C=O) groups is 1. The van der Waals surface area contributed by atoms with E-state index in [2.05, 4.69) is 45.1 Å². The summed E-state index contributed by atoms with van der Waals surface area (Å²) in [6, 6.07) is 0. The molecule has 0 aliphatic carbocycles. The normalized spacial score (nSPS) is 13.9. The van der Waals surface area contributed by atoms with Crippen molar-refractivity contribution in [2.45, 2.75) is 26.7 Å². The van der Waals surface area contributed by atoms with E-state index < -0.39 is 0 Å². The van der Waals surface area contributed by atoms with E-state index in [0.29, 0.717) is 10.3 Å². The van der Waals surface area contributed by atoms with Crippen molar-refractivity contribution in [3.05, 3.63) is 21.7 Å². The monoisotopic (exact) mass is 325 g/mol. The molecule has 1 aliphatic heterocycles. The number of fused-ring (bicyclic) bond motifs is 1. The van der Waals surface area contributed by atoms with Crippen LogP contribution < -0.4 is 5.32 Å². The van der Waals surface area contributed by atoms with E-state index in [1.165, 1.54) is 0 Å². The van der Waals surface area contributed by atoms with Gasteiger partial charge in [-0.1, -0.05) is 13.8 Å². The van der Waals surface area contributed by atoms with Gasteiger partial charge in [0.2, 0.25) is 0 Å². The smallest absolute Gasteiger partial charge is 0.297 e. The van der Waals surface area contributed by atoms with Gasteiger partial charge in [0.15, 0.2) is 0 Å². The molecular weight excluding hydrogens is 308 g/mol. The SMILES string of the molecule is CCCN(CCC)C1=Cc2c(Br)nn(C)c2C(=O)[N]1. The maximum atomic E-state index is 12.1. The predicted octanol–water partition coefficient (Wildman–Crippen LogP) is 2.36. The fourth-order valence-corrected chi connectivity index (χ4v) is 2.79. The highest BCUT2D eigenvalue weighted by Gasteiger charge is 2.28. The molecular formula is C13H18BrN4O. The third kappa shape index (κ3) is 2.68. The van der Waals surface area contributed by atoms with Crippen molar-refractivity contribution in [1.29, 1.82) is 0 Å². The molecule has 6 heteroatoms. The van der Waals surface area contributed by atoms with E-state index in [-0.39, 0.29) is 5.91 Å². The lowest BCUT2D eigenvalue weighted by Gasteiger charge is -2.27. The first-order chi connectivity index (χ1) is 9.08. The third-order valence-electron chi connectivity index (χ3n) is 3.04. The molecule has 0 atom stereocenters. The highest BCUT2D eigenvalue weighted by Crippen LogP contribution is 2.27. The van der Waals surface area contributed by atoms with Crippen LogP contribution in [0.15, 0.2) is 10.4 Å². The number of carbonyl (C=O) groups excluding carboxylic acids is 1. The highest BCUT2D eigenvalue weighted by atomic mass is 79.9. The van der Waals surface area contributed by atoms with E-state index in [1.807, 2.05) is 6.08 Å². The molecule has 1 aromatic rings. The second-order valence-electron chi connectivity index (χ2n) is 4.58. The number of halogens is 1. The van der Waals surface area contributed by atoms with Crippen molar-refractivity contribution >= 4 is 27.9 Å². The zero-order valence-corrected chi connectivity index (χ0v) is 13.1. The van der Waals surface area contributed by atoms with Crippen LogP contribution in [0.3, 0.4) is 0 Å². The lowest BCUT2D eigenvalue weighted by Crippen LogP contribution is -2.35. The Balaban J connectivity index is 2.38. The molecule has 0 bridgehead atoms. The van der Waals surface area contributed by atoms with Crippen molar-refractivity contribution in [3.63, 3.8) is 0 Å². The maximum absolute atomic E-state index is 12.1. The van der Waals surface area contributed by atoms with Crippen LogP contribution in [0.5, 0.6) is 0 Å². The summed E-state index contributed by atoms with van der Waals surface area (Å²) in [5, 5.41) is 8.42. The largest absolute Gasteiger partial charge is 0.357 e. The van der Waals surface area contributed by atoms with Gasteiger partial charge in [-0.25, -0.2) is 0 Å². The summed E-state index contributed by atoms with van der Waals surface area (Å²) in [5.41, 5.74) is 1.37. The minimum Gasteiger partial charge on any atom is -0.357 e. The van der Waals surface area contributed by atoms with E-state index >= 15 is 0 Å². The van der Waals surface area contributed by atoms with Gasteiger partial charge in [0.05, 0.1) is 0 Å². The number of nitrogens with zero attached hydrogens (tertiary/aromatic N) is 4. The Labute approximate surface area is 121 Å². The molecule has 0 unspecified atom stereocenters. The first-order valence-corrected chi connectivity index (χ1v) is 7.33. The standard InChI is InChI=1S/C13H18BrN4O/c1-4-6-18(7-5-2)10-8-9-11(13(19)15-10)17(3)16-12(9)14/h8H,4-7H2,1-3H3. The topological polar surface area (TPSA) is 52.2 Å². The molecule has 1 radical (unpaired) electrons. The molecule has 0 N–H and O–H groups in total. The molecule has 1 aliphatic rings. The zero-order valence-electron chi connectivity index (χ0n) is 11.5. The van der Waals surface area contributed by atoms with Crippen LogP contribution in [0.1, 0.15) is 42.7 Å². The molecule has 0 saturated carbocycles. The second-order valence-corrected chi connectivity index (χ2v) is 5.33. The van der Waals surface area contributed by atoms with Crippen molar-refractivity contribution in [3.8, 4) is 0 Å². The molecule has 5 nitrogen and oxygen atoms in total. The van der Waals surface area contributed by atoms with E-state index in [1.54, 1.807) is 11.7 Å². The first kappa shape index (κ1) is 14.1. The van der Waals surface area contributed by atoms with Crippen LogP contribution in [0.25, 0.3) is 6.08 Å². The van der Waals surface area contributed by atoms with Crippen molar-refractivity contribution in [1.82, 2.24) is 20.0 Å². The lowest BCUT2D eigenvalue weighted by atomic mass is 10.1. The van der Waals surface area contributed by atoms with Gasteiger partial charge in [0.1, 0.15) is 16.1 Å². The van der Waals surface area contributed by atoms with E-state index in [9.17, 15) is 4.79 Å². The molecule has 0 fully saturated rings. The Kier molecular flexibility index (Phi) is 4.29. The Morgan fingerprint density at radius 1 is 1.32 bits per heavy atom. The second kappa shape index (κ2) is 5.77. The van der Waals surface area contributed by atoms with Gasteiger partial charge in [-0.15, -0.1) is 0 Å². The number of aromatic nitrogens is 2. The number of amides is 1. The van der Waals surface area contributed by atoms with Crippen molar-refractivity contribution < 1.29 is 4.79 Å². The van der Waals surface area contributed by atoms with Crippen LogP contribution in [0.4, 0.5) is 0 Å². The average Bonchev–Trinajstić information content (AvgIpc) is 2.65. The van der Waals surface area contributed by atoms with Gasteiger partial charge in [0.25, 0.3) is 5.91 Å². The third-order valence-corrected chi connectivity index (χ3v) is 3.63. The molecule has 0 saturated heterocycles. The predicted molar refractivity (Wildman–Crippen MR) is 77.5 cm³/mol. The Hall–Kier alpha value is -1.30. The van der Waals surface area contributed by atoms with Crippen LogP contribution in [-0.4, -0.2) is 33.7 Å². The highest BCUT2D eigenvalue weighted by molar-refractivity contribution is 9.10. The number of rotatable bonds is 5.